The summed E-state index contributed by atoms with van der Waals surface area (Å²) >= 11 is 1.22. The van der Waals surface area contributed by atoms with Crippen LogP contribution >= 0.6 is 11.3 Å². The topological polar surface area (TPSA) is 0 Å². The summed E-state index contributed by atoms with van der Waals surface area (Å²) in [7, 11) is 0. The maximum Gasteiger partial charge on any atom is 0.176 e. The monoisotopic (exact) mass is 304 g/mol. The molecule has 114 valence electrons. The van der Waals surface area contributed by atoms with Crippen molar-refractivity contribution in [1.29, 1.82) is 0 Å². The molecule has 1 aliphatic rings. The van der Waals surface area contributed by atoms with Crippen molar-refractivity contribution in [2.45, 2.75) is 52.4 Å². The van der Waals surface area contributed by atoms with Crippen LogP contribution in [0.3, 0.4) is 0 Å². The lowest BCUT2D eigenvalue weighted by Crippen LogP contribution is -2.10. The third-order valence-corrected chi connectivity index (χ3v) is 5.18. The zero-order chi connectivity index (χ0) is 15.2. The molecule has 0 atom stereocenters. The van der Waals surface area contributed by atoms with E-state index in [0.717, 1.165) is 22.3 Å². The van der Waals surface area contributed by atoms with E-state index in [4.69, 9.17) is 0 Å². The van der Waals surface area contributed by atoms with Crippen LogP contribution < -0.4 is 0 Å². The van der Waals surface area contributed by atoms with Gasteiger partial charge in [-0.1, -0.05) is 57.9 Å². The first-order valence-electron chi connectivity index (χ1n) is 8.08. The fourth-order valence-electron chi connectivity index (χ4n) is 2.98. The summed E-state index contributed by atoms with van der Waals surface area (Å²) in [6, 6.07) is 12.1. The van der Waals surface area contributed by atoms with E-state index in [1.165, 1.54) is 48.6 Å². The van der Waals surface area contributed by atoms with Gasteiger partial charge in [0, 0.05) is 4.88 Å². The first-order chi connectivity index (χ1) is 10.2. The number of thiophene rings is 1. The SMILES string of the molecule is CC.CC1CCC(c2ccc(-c3ccc(F)s3)cc2)CC1. The molecule has 1 saturated carbocycles. The summed E-state index contributed by atoms with van der Waals surface area (Å²) < 4.78 is 13.0. The summed E-state index contributed by atoms with van der Waals surface area (Å²) in [5.74, 6) is 1.62. The molecule has 1 fully saturated rings. The van der Waals surface area contributed by atoms with E-state index < -0.39 is 0 Å². The summed E-state index contributed by atoms with van der Waals surface area (Å²) in [5, 5.41) is -0.111. The molecule has 21 heavy (non-hydrogen) atoms. The van der Waals surface area contributed by atoms with Crippen molar-refractivity contribution in [3.63, 3.8) is 0 Å². The van der Waals surface area contributed by atoms with Crippen molar-refractivity contribution >= 4 is 11.3 Å². The first kappa shape index (κ1) is 16.2. The lowest BCUT2D eigenvalue weighted by molar-refractivity contribution is 0.348. The molecule has 2 heteroatoms. The van der Waals surface area contributed by atoms with Crippen molar-refractivity contribution < 1.29 is 4.39 Å². The third-order valence-electron chi connectivity index (χ3n) is 4.26. The zero-order valence-electron chi connectivity index (χ0n) is 13.2. The van der Waals surface area contributed by atoms with Crippen LogP contribution in [0.25, 0.3) is 10.4 Å². The molecule has 0 saturated heterocycles. The minimum Gasteiger partial charge on any atom is -0.195 e. The van der Waals surface area contributed by atoms with Gasteiger partial charge in [-0.3, -0.25) is 0 Å². The van der Waals surface area contributed by atoms with Gasteiger partial charge in [0.15, 0.2) is 5.13 Å². The van der Waals surface area contributed by atoms with E-state index in [9.17, 15) is 4.39 Å². The fourth-order valence-corrected chi connectivity index (χ4v) is 3.72. The Hall–Kier alpha value is -1.15. The number of benzene rings is 1. The largest absolute Gasteiger partial charge is 0.195 e. The third kappa shape index (κ3) is 4.16. The summed E-state index contributed by atoms with van der Waals surface area (Å²) in [4.78, 5) is 1.02. The standard InChI is InChI=1S/C17H19FS.C2H6/c1-12-2-4-13(5-3-12)14-6-8-15(9-7-14)16-10-11-17(18)19-16;1-2/h6-13H,2-5H2,1H3;1-2H3. The molecule has 1 aromatic carbocycles. The quantitative estimate of drug-likeness (QED) is 0.567. The van der Waals surface area contributed by atoms with Gasteiger partial charge in [0.05, 0.1) is 0 Å². The lowest BCUT2D eigenvalue weighted by atomic mass is 9.79. The fraction of sp³-hybridized carbons (Fsp3) is 0.474. The minimum atomic E-state index is -0.111. The molecule has 2 aromatic rings. The first-order valence-corrected chi connectivity index (χ1v) is 8.89. The van der Waals surface area contributed by atoms with Crippen molar-refractivity contribution in [1.82, 2.24) is 0 Å². The van der Waals surface area contributed by atoms with Crippen molar-refractivity contribution in [2.24, 2.45) is 5.92 Å². The van der Waals surface area contributed by atoms with Crippen LogP contribution in [0.2, 0.25) is 0 Å². The van der Waals surface area contributed by atoms with Crippen molar-refractivity contribution in [3.8, 4) is 10.4 Å². The van der Waals surface area contributed by atoms with Crippen LogP contribution in [-0.4, -0.2) is 0 Å². The van der Waals surface area contributed by atoms with Gasteiger partial charge in [0.1, 0.15) is 0 Å². The maximum absolute atomic E-state index is 13.0. The smallest absolute Gasteiger partial charge is 0.176 e. The van der Waals surface area contributed by atoms with Crippen LogP contribution in [0.4, 0.5) is 4.39 Å². The second-order valence-corrected chi connectivity index (χ2v) is 6.72. The summed E-state index contributed by atoms with van der Waals surface area (Å²) in [6.45, 7) is 6.35. The van der Waals surface area contributed by atoms with E-state index in [2.05, 4.69) is 31.2 Å². The highest BCUT2D eigenvalue weighted by atomic mass is 32.1. The Morgan fingerprint density at radius 2 is 1.52 bits per heavy atom. The van der Waals surface area contributed by atoms with Gasteiger partial charge in [-0.25, -0.2) is 0 Å². The second-order valence-electron chi connectivity index (χ2n) is 5.68. The van der Waals surface area contributed by atoms with Gasteiger partial charge in [-0.15, -0.1) is 11.3 Å². The van der Waals surface area contributed by atoms with Gasteiger partial charge in [-0.2, -0.15) is 4.39 Å². The van der Waals surface area contributed by atoms with Gasteiger partial charge >= 0.3 is 0 Å². The highest BCUT2D eigenvalue weighted by molar-refractivity contribution is 7.13. The summed E-state index contributed by atoms with van der Waals surface area (Å²) in [6.07, 6.45) is 5.33. The Labute approximate surface area is 132 Å². The van der Waals surface area contributed by atoms with E-state index in [1.807, 2.05) is 19.9 Å². The number of halogens is 1. The van der Waals surface area contributed by atoms with Gasteiger partial charge in [-0.05, 0) is 47.9 Å². The molecule has 0 spiro atoms. The van der Waals surface area contributed by atoms with E-state index >= 15 is 0 Å². The maximum atomic E-state index is 13.0. The van der Waals surface area contributed by atoms with Crippen molar-refractivity contribution in [3.05, 3.63) is 47.1 Å². The Balaban J connectivity index is 0.000000774. The molecular formula is C19H25FS. The van der Waals surface area contributed by atoms with Crippen LogP contribution in [-0.2, 0) is 0 Å². The Bertz CT molecular complexity index is 533. The minimum absolute atomic E-state index is 0.111. The normalized spacial score (nSPS) is 21.5. The van der Waals surface area contributed by atoms with Crippen LogP contribution in [0, 0.1) is 11.0 Å². The van der Waals surface area contributed by atoms with E-state index in [-0.39, 0.29) is 5.13 Å². The molecule has 1 aliphatic carbocycles. The second kappa shape index (κ2) is 7.74. The van der Waals surface area contributed by atoms with Crippen molar-refractivity contribution in [2.75, 3.05) is 0 Å². The molecule has 0 unspecified atom stereocenters. The molecule has 0 amide bonds. The molecule has 0 bridgehead atoms. The predicted molar refractivity (Wildman–Crippen MR) is 91.4 cm³/mol. The molecule has 1 aromatic heterocycles. The number of rotatable bonds is 2. The summed E-state index contributed by atoms with van der Waals surface area (Å²) in [5.41, 5.74) is 2.58. The molecule has 0 aliphatic heterocycles. The Morgan fingerprint density at radius 1 is 0.905 bits per heavy atom. The van der Waals surface area contributed by atoms with Gasteiger partial charge in [0.2, 0.25) is 0 Å². The Morgan fingerprint density at radius 3 is 2.05 bits per heavy atom. The van der Waals surface area contributed by atoms with E-state index in [1.54, 1.807) is 0 Å². The van der Waals surface area contributed by atoms with Crippen LogP contribution in [0.1, 0.15) is 57.9 Å². The Kier molecular flexibility index (Phi) is 5.98. The molecule has 0 nitrogen and oxygen atoms in total. The number of hydrogen-bond acceptors (Lipinski definition) is 1. The highest BCUT2D eigenvalue weighted by Crippen LogP contribution is 2.36. The van der Waals surface area contributed by atoms with Gasteiger partial charge < -0.3 is 0 Å². The molecule has 3 rings (SSSR count). The predicted octanol–water partition coefficient (Wildman–Crippen LogP) is 6.87. The number of hydrogen-bond donors (Lipinski definition) is 0. The van der Waals surface area contributed by atoms with Crippen LogP contribution in [0.5, 0.6) is 0 Å². The van der Waals surface area contributed by atoms with Gasteiger partial charge in [0.25, 0.3) is 0 Å². The van der Waals surface area contributed by atoms with Crippen LogP contribution in [0.15, 0.2) is 36.4 Å². The zero-order valence-corrected chi connectivity index (χ0v) is 14.0. The lowest BCUT2D eigenvalue weighted by Gasteiger charge is -2.26. The molecule has 1 heterocycles. The molecular weight excluding hydrogens is 279 g/mol. The molecule has 0 radical (unpaired) electrons. The average Bonchev–Trinajstić information content (AvgIpc) is 2.97. The van der Waals surface area contributed by atoms with E-state index in [0.29, 0.717) is 0 Å². The molecule has 0 N–H and O–H groups in total. The average molecular weight is 304 g/mol. The highest BCUT2D eigenvalue weighted by Gasteiger charge is 2.19.